The lowest BCUT2D eigenvalue weighted by molar-refractivity contribution is 0.135. The number of nitrogen functional groups attached to an aromatic ring is 1. The van der Waals surface area contributed by atoms with Crippen LogP contribution in [0.5, 0.6) is 11.5 Å². The molecular weight excluding hydrogens is 563 g/mol. The van der Waals surface area contributed by atoms with Gasteiger partial charge in [0, 0.05) is 39.4 Å². The highest BCUT2D eigenvalue weighted by Gasteiger charge is 2.35. The predicted molar refractivity (Wildman–Crippen MR) is 156 cm³/mol. The number of nitrogens with zero attached hydrogens (tertiary/aromatic N) is 4. The van der Waals surface area contributed by atoms with E-state index in [4.69, 9.17) is 43.7 Å². The number of aromatic nitrogens is 3. The maximum absolute atomic E-state index is 13.5. The number of nitriles is 1. The zero-order valence-electron chi connectivity index (χ0n) is 21.7. The molecule has 1 unspecified atom stereocenters. The topological polar surface area (TPSA) is 122 Å². The van der Waals surface area contributed by atoms with Gasteiger partial charge in [0.25, 0.3) is 0 Å². The van der Waals surface area contributed by atoms with Gasteiger partial charge in [0.05, 0.1) is 6.54 Å². The van der Waals surface area contributed by atoms with Crippen LogP contribution in [0, 0.1) is 11.3 Å². The summed E-state index contributed by atoms with van der Waals surface area (Å²) >= 11 is 12.3. The van der Waals surface area contributed by atoms with Crippen molar-refractivity contribution in [3.63, 3.8) is 0 Å². The van der Waals surface area contributed by atoms with Gasteiger partial charge in [-0.1, -0.05) is 35.3 Å². The normalized spacial score (nSPS) is 14.5. The molecule has 9 nitrogen and oxygen atoms in total. The quantitative estimate of drug-likeness (QED) is 0.239. The molecule has 0 bridgehead atoms. The number of aromatic amines is 1. The number of H-pyrrole nitrogens is 1. The van der Waals surface area contributed by atoms with Crippen LogP contribution in [0.2, 0.25) is 10.0 Å². The van der Waals surface area contributed by atoms with Gasteiger partial charge in [-0.25, -0.2) is 4.79 Å². The number of hydrogen-bond donors (Lipinski definition) is 2. The third-order valence-corrected chi connectivity index (χ3v) is 7.53. The summed E-state index contributed by atoms with van der Waals surface area (Å²) in [5, 5.41) is 15.4. The Labute approximate surface area is 245 Å². The summed E-state index contributed by atoms with van der Waals surface area (Å²) in [6.07, 6.45) is 1.78. The molecular formula is C30H24Cl2N6O3. The summed E-state index contributed by atoms with van der Waals surface area (Å²) in [6.45, 7) is 1.22. The molecule has 0 spiro atoms. The molecule has 3 heterocycles. The molecule has 1 aliphatic heterocycles. The summed E-state index contributed by atoms with van der Waals surface area (Å²) in [6, 6.07) is 21.6. The number of halogens is 2. The molecule has 0 fully saturated rings. The van der Waals surface area contributed by atoms with E-state index in [0.717, 1.165) is 27.7 Å². The molecule has 0 aliphatic carbocycles. The van der Waals surface area contributed by atoms with Gasteiger partial charge in [0.1, 0.15) is 35.8 Å². The maximum atomic E-state index is 13.5. The lowest BCUT2D eigenvalue weighted by atomic mass is 9.92. The molecule has 1 amide bonds. The molecule has 206 valence electrons. The molecule has 0 radical (unpaired) electrons. The van der Waals surface area contributed by atoms with Gasteiger partial charge >= 0.3 is 6.09 Å². The number of rotatable bonds is 6. The average Bonchev–Trinajstić information content (AvgIpc) is 3.53. The number of benzene rings is 3. The minimum absolute atomic E-state index is 0.196. The minimum Gasteiger partial charge on any atom is -0.492 e. The van der Waals surface area contributed by atoms with Gasteiger partial charge < -0.3 is 20.2 Å². The van der Waals surface area contributed by atoms with Crippen molar-refractivity contribution >= 4 is 46.0 Å². The van der Waals surface area contributed by atoms with Crippen LogP contribution in [0.4, 0.5) is 10.6 Å². The first-order chi connectivity index (χ1) is 19.9. The smallest absolute Gasteiger partial charge is 0.416 e. The minimum atomic E-state index is -0.463. The van der Waals surface area contributed by atoms with Crippen LogP contribution in [0.15, 0.2) is 72.9 Å². The zero-order chi connectivity index (χ0) is 28.5. The van der Waals surface area contributed by atoms with Crippen molar-refractivity contribution in [2.45, 2.75) is 19.0 Å². The predicted octanol–water partition coefficient (Wildman–Crippen LogP) is 6.35. The first-order valence-electron chi connectivity index (χ1n) is 12.9. The standard InChI is InChI=1S/C30H24Cl2N6O3/c31-20-3-8-23(9-4-20)41-30(39)38-12-11-24-25-15-21(32)5-10-26(25)35-27(24)28(38)18-1-6-22(7-2-18)40-14-13-37-17-19(16-33)29(34)36-37/h1-10,15,17,28,35H,11-14H2,(H2,34,36). The van der Waals surface area contributed by atoms with Crippen LogP contribution in [0.1, 0.15) is 28.4 Å². The molecule has 3 N–H and O–H groups in total. The highest BCUT2D eigenvalue weighted by atomic mass is 35.5. The molecule has 1 aliphatic rings. The lowest BCUT2D eigenvalue weighted by Gasteiger charge is -2.35. The first kappa shape index (κ1) is 26.6. The van der Waals surface area contributed by atoms with E-state index in [1.807, 2.05) is 48.5 Å². The van der Waals surface area contributed by atoms with Crippen LogP contribution < -0.4 is 15.2 Å². The Morgan fingerprint density at radius 3 is 2.54 bits per heavy atom. The monoisotopic (exact) mass is 586 g/mol. The van der Waals surface area contributed by atoms with Crippen LogP contribution in [-0.4, -0.2) is 38.9 Å². The van der Waals surface area contributed by atoms with E-state index >= 15 is 0 Å². The fourth-order valence-electron chi connectivity index (χ4n) is 5.11. The fourth-order valence-corrected chi connectivity index (χ4v) is 5.40. The second-order valence-corrected chi connectivity index (χ2v) is 10.5. The van der Waals surface area contributed by atoms with Gasteiger partial charge in [-0.05, 0) is 72.1 Å². The number of ether oxygens (including phenoxy) is 2. The second kappa shape index (κ2) is 11.1. The van der Waals surface area contributed by atoms with Crippen molar-refractivity contribution in [1.82, 2.24) is 19.7 Å². The number of hydrogen-bond acceptors (Lipinski definition) is 6. The van der Waals surface area contributed by atoms with Crippen LogP contribution >= 0.6 is 23.2 Å². The van der Waals surface area contributed by atoms with Gasteiger partial charge in [-0.15, -0.1) is 0 Å². The summed E-state index contributed by atoms with van der Waals surface area (Å²) < 4.78 is 13.2. The van der Waals surface area contributed by atoms with Crippen molar-refractivity contribution in [1.29, 1.82) is 5.26 Å². The SMILES string of the molecule is N#Cc1cn(CCOc2ccc(C3c4[nH]c5ccc(Cl)cc5c4CCN3C(=O)Oc3ccc(Cl)cc3)cc2)nc1N. The Kier molecular flexibility index (Phi) is 7.18. The number of amides is 1. The van der Waals surface area contributed by atoms with Gasteiger partial charge in [0.2, 0.25) is 0 Å². The van der Waals surface area contributed by atoms with E-state index in [0.29, 0.717) is 53.2 Å². The number of nitrogens with two attached hydrogens (primary N) is 1. The molecule has 1 atom stereocenters. The Balaban J connectivity index is 1.26. The van der Waals surface area contributed by atoms with Gasteiger partial charge in [-0.2, -0.15) is 10.4 Å². The third kappa shape index (κ3) is 5.40. The van der Waals surface area contributed by atoms with Crippen LogP contribution in [-0.2, 0) is 13.0 Å². The van der Waals surface area contributed by atoms with E-state index < -0.39 is 12.1 Å². The third-order valence-electron chi connectivity index (χ3n) is 7.04. The molecule has 3 aromatic carbocycles. The molecule has 0 saturated carbocycles. The summed E-state index contributed by atoms with van der Waals surface area (Å²) in [7, 11) is 0. The van der Waals surface area contributed by atoms with Crippen molar-refractivity contribution in [3.05, 3.63) is 105 Å². The maximum Gasteiger partial charge on any atom is 0.416 e. The van der Waals surface area contributed by atoms with E-state index in [-0.39, 0.29) is 5.82 Å². The number of anilines is 1. The van der Waals surface area contributed by atoms with E-state index in [2.05, 4.69) is 10.1 Å². The summed E-state index contributed by atoms with van der Waals surface area (Å²) in [5.74, 6) is 1.27. The largest absolute Gasteiger partial charge is 0.492 e. The van der Waals surface area contributed by atoms with Crippen molar-refractivity contribution in [3.8, 4) is 17.6 Å². The fraction of sp³-hybridized carbons (Fsp3) is 0.167. The number of carbonyl (C=O) groups excluding carboxylic acids is 1. The molecule has 0 saturated heterocycles. The Bertz CT molecular complexity index is 1770. The zero-order valence-corrected chi connectivity index (χ0v) is 23.2. The number of fused-ring (bicyclic) bond motifs is 3. The molecule has 5 aromatic rings. The van der Waals surface area contributed by atoms with Crippen molar-refractivity contribution in [2.75, 3.05) is 18.9 Å². The van der Waals surface area contributed by atoms with Crippen LogP contribution in [0.3, 0.4) is 0 Å². The Hall–Kier alpha value is -4.65. The first-order valence-corrected chi connectivity index (χ1v) is 13.6. The highest BCUT2D eigenvalue weighted by Crippen LogP contribution is 2.40. The number of nitrogens with one attached hydrogen (secondary N) is 1. The van der Waals surface area contributed by atoms with Gasteiger partial charge in [-0.3, -0.25) is 9.58 Å². The highest BCUT2D eigenvalue weighted by molar-refractivity contribution is 6.31. The Morgan fingerprint density at radius 1 is 1.07 bits per heavy atom. The van der Waals surface area contributed by atoms with E-state index in [1.54, 1.807) is 40.0 Å². The molecule has 6 rings (SSSR count). The van der Waals surface area contributed by atoms with E-state index in [1.165, 1.54) is 0 Å². The average molecular weight is 587 g/mol. The van der Waals surface area contributed by atoms with Crippen LogP contribution in [0.25, 0.3) is 10.9 Å². The lowest BCUT2D eigenvalue weighted by Crippen LogP contribution is -2.42. The van der Waals surface area contributed by atoms with E-state index in [9.17, 15) is 4.79 Å². The summed E-state index contributed by atoms with van der Waals surface area (Å²) in [4.78, 5) is 18.7. The molecule has 2 aromatic heterocycles. The molecule has 41 heavy (non-hydrogen) atoms. The summed E-state index contributed by atoms with van der Waals surface area (Å²) in [5.41, 5.74) is 9.94. The second-order valence-electron chi connectivity index (χ2n) is 9.60. The van der Waals surface area contributed by atoms with Gasteiger partial charge in [0.15, 0.2) is 5.82 Å². The van der Waals surface area contributed by atoms with Crippen molar-refractivity contribution < 1.29 is 14.3 Å². The Morgan fingerprint density at radius 2 is 1.80 bits per heavy atom. The molecule has 11 heteroatoms. The number of carbonyl (C=O) groups is 1. The van der Waals surface area contributed by atoms with Crippen molar-refractivity contribution in [2.24, 2.45) is 0 Å².